The largest absolute Gasteiger partial charge is 0.497 e. The van der Waals surface area contributed by atoms with Gasteiger partial charge in [-0.15, -0.1) is 5.10 Å². The number of hydrogen-bond donors (Lipinski definition) is 0. The molecule has 4 rings (SSSR count). The Morgan fingerprint density at radius 2 is 1.92 bits per heavy atom. The van der Waals surface area contributed by atoms with Crippen LogP contribution in [0.5, 0.6) is 5.75 Å². The van der Waals surface area contributed by atoms with Crippen molar-refractivity contribution >= 4 is 16.6 Å². The number of rotatable bonds is 5. The summed E-state index contributed by atoms with van der Waals surface area (Å²) in [5, 5.41) is 5.77. The molecule has 2 heterocycles. The second kappa shape index (κ2) is 6.51. The van der Waals surface area contributed by atoms with Crippen molar-refractivity contribution in [3.05, 3.63) is 54.4 Å². The lowest BCUT2D eigenvalue weighted by Crippen LogP contribution is -2.03. The number of benzene rings is 2. The molecule has 2 aromatic carbocycles. The predicted molar refractivity (Wildman–Crippen MR) is 98.9 cm³/mol. The maximum atomic E-state index is 5.32. The van der Waals surface area contributed by atoms with Crippen LogP contribution in [-0.2, 0) is 6.42 Å². The van der Waals surface area contributed by atoms with Crippen molar-refractivity contribution < 1.29 is 4.74 Å². The fourth-order valence-electron chi connectivity index (χ4n) is 2.99. The molecule has 0 amide bonds. The van der Waals surface area contributed by atoms with Gasteiger partial charge in [0.15, 0.2) is 11.5 Å². The molecule has 0 fully saturated rings. The van der Waals surface area contributed by atoms with Crippen LogP contribution in [0.15, 0.2) is 48.5 Å². The van der Waals surface area contributed by atoms with Crippen molar-refractivity contribution in [2.45, 2.75) is 26.2 Å². The molecule has 0 atom stereocenters. The lowest BCUT2D eigenvalue weighted by atomic mass is 10.2. The molecule has 0 saturated carbocycles. The fraction of sp³-hybridized carbons (Fsp3) is 0.250. The summed E-state index contributed by atoms with van der Waals surface area (Å²) in [6.07, 6.45) is 3.08. The number of unbranched alkanes of at least 4 members (excludes halogenated alkanes) is 1. The quantitative estimate of drug-likeness (QED) is 0.547. The first kappa shape index (κ1) is 15.6. The monoisotopic (exact) mass is 332 g/mol. The van der Waals surface area contributed by atoms with Gasteiger partial charge in [0.05, 0.1) is 12.6 Å². The van der Waals surface area contributed by atoms with Crippen LogP contribution in [0.1, 0.15) is 25.6 Å². The molecule has 0 saturated heterocycles. The molecular formula is C20H20N4O. The number of nitrogens with zero attached hydrogens (tertiary/aromatic N) is 4. The number of hydrogen-bond acceptors (Lipinski definition) is 4. The fourth-order valence-corrected chi connectivity index (χ4v) is 2.99. The van der Waals surface area contributed by atoms with E-state index in [1.807, 2.05) is 53.0 Å². The van der Waals surface area contributed by atoms with Gasteiger partial charge in [0.25, 0.3) is 0 Å². The molecule has 0 aliphatic rings. The van der Waals surface area contributed by atoms with Crippen LogP contribution >= 0.6 is 0 Å². The van der Waals surface area contributed by atoms with E-state index in [2.05, 4.69) is 6.92 Å². The Hall–Kier alpha value is -2.95. The molecule has 2 aromatic heterocycles. The molecule has 5 nitrogen and oxygen atoms in total. The summed E-state index contributed by atoms with van der Waals surface area (Å²) in [5.74, 6) is 2.44. The van der Waals surface area contributed by atoms with Gasteiger partial charge >= 0.3 is 0 Å². The Labute approximate surface area is 146 Å². The van der Waals surface area contributed by atoms with Crippen molar-refractivity contribution in [3.8, 4) is 17.1 Å². The van der Waals surface area contributed by atoms with Crippen LogP contribution in [-0.4, -0.2) is 26.7 Å². The van der Waals surface area contributed by atoms with E-state index in [1.54, 1.807) is 7.11 Å². The standard InChI is InChI=1S/C20H20N4O/c1-3-4-12-18-21-17-11-6-5-10-16(17)20-22-19(23-24(18)20)14-8-7-9-15(13-14)25-2/h5-11,13H,3-4,12H2,1-2H3. The van der Waals surface area contributed by atoms with Crippen molar-refractivity contribution in [2.24, 2.45) is 0 Å². The normalized spacial score (nSPS) is 11.3. The van der Waals surface area contributed by atoms with Crippen LogP contribution < -0.4 is 4.74 Å². The second-order valence-electron chi connectivity index (χ2n) is 6.05. The molecule has 126 valence electrons. The summed E-state index contributed by atoms with van der Waals surface area (Å²) in [7, 11) is 1.66. The first-order valence-corrected chi connectivity index (χ1v) is 8.59. The van der Waals surface area contributed by atoms with Crippen LogP contribution in [0.2, 0.25) is 0 Å². The van der Waals surface area contributed by atoms with E-state index in [-0.39, 0.29) is 0 Å². The van der Waals surface area contributed by atoms with Crippen molar-refractivity contribution in [2.75, 3.05) is 7.11 Å². The summed E-state index contributed by atoms with van der Waals surface area (Å²) in [6, 6.07) is 15.9. The van der Waals surface area contributed by atoms with Gasteiger partial charge in [-0.05, 0) is 30.7 Å². The summed E-state index contributed by atoms with van der Waals surface area (Å²) in [4.78, 5) is 9.63. The highest BCUT2D eigenvalue weighted by Crippen LogP contribution is 2.25. The number of ether oxygens (including phenoxy) is 1. The van der Waals surface area contributed by atoms with Gasteiger partial charge < -0.3 is 4.74 Å². The lowest BCUT2D eigenvalue weighted by Gasteiger charge is -2.05. The third-order valence-corrected chi connectivity index (χ3v) is 4.33. The van der Waals surface area contributed by atoms with Crippen LogP contribution in [0, 0.1) is 0 Å². The van der Waals surface area contributed by atoms with Crippen LogP contribution in [0.4, 0.5) is 0 Å². The number of para-hydroxylation sites is 1. The van der Waals surface area contributed by atoms with E-state index < -0.39 is 0 Å². The number of methoxy groups -OCH3 is 1. The smallest absolute Gasteiger partial charge is 0.182 e. The lowest BCUT2D eigenvalue weighted by molar-refractivity contribution is 0.415. The van der Waals surface area contributed by atoms with E-state index in [9.17, 15) is 0 Å². The molecule has 4 aromatic rings. The molecule has 0 spiro atoms. The molecule has 0 N–H and O–H groups in total. The number of aromatic nitrogens is 4. The zero-order valence-corrected chi connectivity index (χ0v) is 14.4. The van der Waals surface area contributed by atoms with Gasteiger partial charge in [0, 0.05) is 17.4 Å². The number of fused-ring (bicyclic) bond motifs is 3. The molecule has 0 bridgehead atoms. The van der Waals surface area contributed by atoms with E-state index in [4.69, 9.17) is 19.8 Å². The minimum Gasteiger partial charge on any atom is -0.497 e. The summed E-state index contributed by atoms with van der Waals surface area (Å²) >= 11 is 0. The third kappa shape index (κ3) is 2.82. The third-order valence-electron chi connectivity index (χ3n) is 4.33. The molecule has 5 heteroatoms. The maximum absolute atomic E-state index is 5.32. The van der Waals surface area contributed by atoms with E-state index >= 15 is 0 Å². The van der Waals surface area contributed by atoms with Gasteiger partial charge in [-0.3, -0.25) is 0 Å². The molecule has 25 heavy (non-hydrogen) atoms. The van der Waals surface area contributed by atoms with Crippen LogP contribution in [0.25, 0.3) is 27.9 Å². The molecule has 0 radical (unpaired) electrons. The second-order valence-corrected chi connectivity index (χ2v) is 6.05. The highest BCUT2D eigenvalue weighted by atomic mass is 16.5. The van der Waals surface area contributed by atoms with E-state index in [0.717, 1.165) is 52.9 Å². The van der Waals surface area contributed by atoms with E-state index in [0.29, 0.717) is 5.82 Å². The van der Waals surface area contributed by atoms with Crippen molar-refractivity contribution in [3.63, 3.8) is 0 Å². The first-order chi connectivity index (χ1) is 12.3. The van der Waals surface area contributed by atoms with Gasteiger partial charge in [0.2, 0.25) is 0 Å². The van der Waals surface area contributed by atoms with Gasteiger partial charge in [-0.1, -0.05) is 37.6 Å². The Morgan fingerprint density at radius 1 is 1.04 bits per heavy atom. The summed E-state index contributed by atoms with van der Waals surface area (Å²) < 4.78 is 7.22. The number of aryl methyl sites for hydroxylation is 1. The Balaban J connectivity index is 1.94. The Kier molecular flexibility index (Phi) is 4.06. The molecule has 0 unspecified atom stereocenters. The van der Waals surface area contributed by atoms with Gasteiger partial charge in [-0.25, -0.2) is 9.97 Å². The highest BCUT2D eigenvalue weighted by Gasteiger charge is 2.14. The SMILES string of the molecule is CCCCc1nc2ccccc2c2nc(-c3cccc(OC)c3)nn12. The van der Waals surface area contributed by atoms with Crippen molar-refractivity contribution in [1.82, 2.24) is 19.6 Å². The zero-order chi connectivity index (χ0) is 17.2. The van der Waals surface area contributed by atoms with Gasteiger partial charge in [0.1, 0.15) is 11.6 Å². The zero-order valence-electron chi connectivity index (χ0n) is 14.4. The van der Waals surface area contributed by atoms with E-state index in [1.165, 1.54) is 0 Å². The van der Waals surface area contributed by atoms with Crippen molar-refractivity contribution in [1.29, 1.82) is 0 Å². The summed E-state index contributed by atoms with van der Waals surface area (Å²) in [6.45, 7) is 2.18. The molecular weight excluding hydrogens is 312 g/mol. The minimum atomic E-state index is 0.690. The Bertz CT molecular complexity index is 1040. The topological polar surface area (TPSA) is 52.3 Å². The Morgan fingerprint density at radius 3 is 2.76 bits per heavy atom. The first-order valence-electron chi connectivity index (χ1n) is 8.59. The minimum absolute atomic E-state index is 0.690. The molecule has 0 aliphatic carbocycles. The average molecular weight is 332 g/mol. The summed E-state index contributed by atoms with van der Waals surface area (Å²) in [5.41, 5.74) is 2.76. The maximum Gasteiger partial charge on any atom is 0.182 e. The van der Waals surface area contributed by atoms with Crippen LogP contribution in [0.3, 0.4) is 0 Å². The van der Waals surface area contributed by atoms with Gasteiger partial charge in [-0.2, -0.15) is 4.52 Å². The molecule has 0 aliphatic heterocycles. The average Bonchev–Trinajstić information content (AvgIpc) is 3.12. The highest BCUT2D eigenvalue weighted by molar-refractivity contribution is 5.91. The predicted octanol–water partition coefficient (Wildman–Crippen LogP) is 4.30.